The topological polar surface area (TPSA) is 50.2 Å². The van der Waals surface area contributed by atoms with E-state index in [1.54, 1.807) is 0 Å². The number of aromatic nitrogens is 1. The van der Waals surface area contributed by atoms with Crippen LogP contribution in [0.5, 0.6) is 0 Å². The van der Waals surface area contributed by atoms with Gasteiger partial charge in [-0.15, -0.1) is 0 Å². The van der Waals surface area contributed by atoms with E-state index in [-0.39, 0.29) is 0 Å². The van der Waals surface area contributed by atoms with Crippen molar-refractivity contribution in [2.45, 2.75) is 0 Å². The number of pyridine rings is 1. The highest BCUT2D eigenvalue weighted by atomic mass is 127. The van der Waals surface area contributed by atoms with E-state index in [0.717, 1.165) is 7.14 Å². The minimum atomic E-state index is -0.915. The molecule has 0 saturated carbocycles. The van der Waals surface area contributed by atoms with Gasteiger partial charge in [-0.25, -0.2) is 9.78 Å². The van der Waals surface area contributed by atoms with Crippen LogP contribution in [0.2, 0.25) is 0 Å². The molecule has 0 aliphatic heterocycles. The van der Waals surface area contributed by atoms with Gasteiger partial charge in [-0.1, -0.05) is 0 Å². The van der Waals surface area contributed by atoms with Crippen LogP contribution in [-0.4, -0.2) is 16.1 Å². The van der Waals surface area contributed by atoms with E-state index in [2.05, 4.69) is 50.2 Å². The summed E-state index contributed by atoms with van der Waals surface area (Å²) in [4.78, 5) is 16.2. The molecule has 0 amide bonds. The van der Waals surface area contributed by atoms with Crippen LogP contribution in [0.15, 0.2) is 36.4 Å². The van der Waals surface area contributed by atoms with Gasteiger partial charge in [-0.05, 0) is 81.6 Å². The smallest absolute Gasteiger partial charge is 0.337 e. The molecule has 0 bridgehead atoms. The lowest BCUT2D eigenvalue weighted by Gasteiger charge is -2.08. The van der Waals surface area contributed by atoms with Gasteiger partial charge < -0.3 is 5.11 Å². The summed E-state index contributed by atoms with van der Waals surface area (Å²) in [7, 11) is 0. The highest BCUT2D eigenvalue weighted by Gasteiger charge is 2.15. The second kappa shape index (κ2) is 4.86. The number of carbonyl (C=O) groups is 1. The van der Waals surface area contributed by atoms with E-state index in [9.17, 15) is 9.90 Å². The van der Waals surface area contributed by atoms with E-state index < -0.39 is 5.97 Å². The Morgan fingerprint density at radius 1 is 0.947 bits per heavy atom. The van der Waals surface area contributed by atoms with Crippen LogP contribution in [0.25, 0.3) is 21.8 Å². The van der Waals surface area contributed by atoms with Gasteiger partial charge in [0, 0.05) is 17.9 Å². The molecule has 0 saturated heterocycles. The fraction of sp³-hybridized carbons (Fsp3) is 0. The van der Waals surface area contributed by atoms with Crippen LogP contribution in [0.4, 0.5) is 0 Å². The summed E-state index contributed by atoms with van der Waals surface area (Å²) in [6.07, 6.45) is 0. The molecule has 3 nitrogen and oxygen atoms in total. The molecule has 0 aliphatic carbocycles. The number of carboxylic acids is 1. The normalized spacial score (nSPS) is 11.1. The SMILES string of the molecule is O=C(O)c1c2cc(I)ccc2nc2ccc(I)cc12. The summed E-state index contributed by atoms with van der Waals surface area (Å²) in [5.41, 5.74) is 1.76. The second-order valence-corrected chi connectivity index (χ2v) is 6.61. The van der Waals surface area contributed by atoms with Gasteiger partial charge in [-0.2, -0.15) is 0 Å². The second-order valence-electron chi connectivity index (χ2n) is 4.11. The van der Waals surface area contributed by atoms with Crippen molar-refractivity contribution >= 4 is 73.0 Å². The third kappa shape index (κ3) is 2.29. The van der Waals surface area contributed by atoms with Crippen molar-refractivity contribution in [3.05, 3.63) is 49.1 Å². The Morgan fingerprint density at radius 2 is 1.42 bits per heavy atom. The summed E-state index contributed by atoms with van der Waals surface area (Å²) >= 11 is 4.35. The average molecular weight is 475 g/mol. The maximum absolute atomic E-state index is 11.6. The molecule has 3 aromatic rings. The molecule has 1 aromatic heterocycles. The van der Waals surface area contributed by atoms with Gasteiger partial charge in [0.15, 0.2) is 0 Å². The summed E-state index contributed by atoms with van der Waals surface area (Å²) < 4.78 is 2.00. The van der Waals surface area contributed by atoms with Crippen molar-refractivity contribution in [2.24, 2.45) is 0 Å². The quantitative estimate of drug-likeness (QED) is 0.422. The predicted molar refractivity (Wildman–Crippen MR) is 91.6 cm³/mol. The third-order valence-corrected chi connectivity index (χ3v) is 4.25. The van der Waals surface area contributed by atoms with E-state index in [1.807, 2.05) is 36.4 Å². The number of halogens is 2. The number of hydrogen-bond donors (Lipinski definition) is 1. The molecule has 1 heterocycles. The van der Waals surface area contributed by atoms with Gasteiger partial charge in [0.25, 0.3) is 0 Å². The predicted octanol–water partition coefficient (Wildman–Crippen LogP) is 4.30. The zero-order chi connectivity index (χ0) is 13.6. The van der Waals surface area contributed by atoms with E-state index in [0.29, 0.717) is 27.4 Å². The third-order valence-electron chi connectivity index (χ3n) is 2.91. The molecule has 3 rings (SSSR count). The fourth-order valence-corrected chi connectivity index (χ4v) is 3.10. The number of nitrogens with zero attached hydrogens (tertiary/aromatic N) is 1. The molecule has 19 heavy (non-hydrogen) atoms. The lowest BCUT2D eigenvalue weighted by molar-refractivity contribution is 0.0701. The minimum absolute atomic E-state index is 0.331. The monoisotopic (exact) mass is 475 g/mol. The molecule has 0 radical (unpaired) electrons. The molecule has 2 aromatic carbocycles. The van der Waals surface area contributed by atoms with Crippen LogP contribution in [-0.2, 0) is 0 Å². The fourth-order valence-electron chi connectivity index (χ4n) is 2.12. The summed E-state index contributed by atoms with van der Waals surface area (Å²) in [5.74, 6) is -0.915. The molecule has 0 unspecified atom stereocenters. The molecule has 94 valence electrons. The van der Waals surface area contributed by atoms with Crippen molar-refractivity contribution < 1.29 is 9.90 Å². The van der Waals surface area contributed by atoms with E-state index in [1.165, 1.54) is 0 Å². The van der Waals surface area contributed by atoms with E-state index >= 15 is 0 Å². The van der Waals surface area contributed by atoms with Crippen molar-refractivity contribution in [1.29, 1.82) is 0 Å². The largest absolute Gasteiger partial charge is 0.478 e. The first-order valence-corrected chi connectivity index (χ1v) is 7.64. The number of hydrogen-bond acceptors (Lipinski definition) is 2. The van der Waals surface area contributed by atoms with E-state index in [4.69, 9.17) is 0 Å². The van der Waals surface area contributed by atoms with Crippen LogP contribution < -0.4 is 0 Å². The number of benzene rings is 2. The van der Waals surface area contributed by atoms with Crippen molar-refractivity contribution in [2.75, 3.05) is 0 Å². The standard InChI is InChI=1S/C14H7I2NO2/c15-7-1-3-11-9(5-7)13(14(18)19)10-6-8(16)2-4-12(10)17-11/h1-6H,(H,18,19). The molecule has 0 fully saturated rings. The van der Waals surface area contributed by atoms with Crippen molar-refractivity contribution in [3.8, 4) is 0 Å². The zero-order valence-electron chi connectivity index (χ0n) is 9.52. The minimum Gasteiger partial charge on any atom is -0.478 e. The molecular formula is C14H7I2NO2. The van der Waals surface area contributed by atoms with Crippen LogP contribution in [0, 0.1) is 7.14 Å². The van der Waals surface area contributed by atoms with Crippen LogP contribution in [0.1, 0.15) is 10.4 Å². The highest BCUT2D eigenvalue weighted by molar-refractivity contribution is 14.1. The van der Waals surface area contributed by atoms with Gasteiger partial charge in [0.1, 0.15) is 0 Å². The molecule has 0 aliphatic rings. The van der Waals surface area contributed by atoms with Gasteiger partial charge in [0.05, 0.1) is 16.6 Å². The molecule has 0 atom stereocenters. The Kier molecular flexibility index (Phi) is 3.34. The van der Waals surface area contributed by atoms with Crippen LogP contribution >= 0.6 is 45.2 Å². The molecule has 0 spiro atoms. The highest BCUT2D eigenvalue weighted by Crippen LogP contribution is 2.28. The Hall–Kier alpha value is -0.960. The summed E-state index contributed by atoms with van der Waals surface area (Å²) in [6.45, 7) is 0. The number of rotatable bonds is 1. The first kappa shape index (κ1) is 13.0. The lowest BCUT2D eigenvalue weighted by Crippen LogP contribution is -2.01. The Balaban J connectivity index is 2.58. The molecule has 1 N–H and O–H groups in total. The average Bonchev–Trinajstić information content (AvgIpc) is 2.35. The summed E-state index contributed by atoms with van der Waals surface area (Å²) in [5, 5.41) is 10.9. The van der Waals surface area contributed by atoms with Crippen molar-refractivity contribution in [3.63, 3.8) is 0 Å². The van der Waals surface area contributed by atoms with Crippen molar-refractivity contribution in [1.82, 2.24) is 4.98 Å². The molecule has 5 heteroatoms. The first-order chi connectivity index (χ1) is 9.06. The Morgan fingerprint density at radius 3 is 1.84 bits per heavy atom. The Bertz CT molecular complexity index is 770. The number of carboxylic acid groups (broad SMARTS) is 1. The lowest BCUT2D eigenvalue weighted by atomic mass is 10.0. The van der Waals surface area contributed by atoms with Gasteiger partial charge in [-0.3, -0.25) is 0 Å². The summed E-state index contributed by atoms with van der Waals surface area (Å²) in [6, 6.07) is 11.3. The first-order valence-electron chi connectivity index (χ1n) is 5.48. The van der Waals surface area contributed by atoms with Gasteiger partial charge in [0.2, 0.25) is 0 Å². The maximum Gasteiger partial charge on any atom is 0.337 e. The van der Waals surface area contributed by atoms with Crippen LogP contribution in [0.3, 0.4) is 0 Å². The number of aromatic carboxylic acids is 1. The zero-order valence-corrected chi connectivity index (χ0v) is 13.8. The Labute approximate surface area is 136 Å². The van der Waals surface area contributed by atoms with Gasteiger partial charge >= 0.3 is 5.97 Å². The number of fused-ring (bicyclic) bond motifs is 2. The molecular weight excluding hydrogens is 468 g/mol. The maximum atomic E-state index is 11.6.